The van der Waals surface area contributed by atoms with Crippen molar-refractivity contribution in [3.8, 4) is 0 Å². The van der Waals surface area contributed by atoms with Gasteiger partial charge in [0.25, 0.3) is 15.9 Å². The number of amides is 1. The van der Waals surface area contributed by atoms with Gasteiger partial charge in [0.05, 0.1) is 5.56 Å². The summed E-state index contributed by atoms with van der Waals surface area (Å²) in [5.74, 6) is -0.375. The normalized spacial score (nSPS) is 15.9. The molecular formula is C18H27NO3S. The van der Waals surface area contributed by atoms with E-state index in [-0.39, 0.29) is 10.8 Å². The van der Waals surface area contributed by atoms with Crippen LogP contribution in [-0.4, -0.2) is 25.2 Å². The number of unbranched alkanes of at least 4 members (excludes halogenated alkanes) is 8. The number of hydrogen-bond acceptors (Lipinski definition) is 3. The van der Waals surface area contributed by atoms with Gasteiger partial charge < -0.3 is 0 Å². The highest BCUT2D eigenvalue weighted by Gasteiger charge is 2.40. The van der Waals surface area contributed by atoms with Crippen LogP contribution in [0.2, 0.25) is 0 Å². The van der Waals surface area contributed by atoms with Gasteiger partial charge in [-0.2, -0.15) is 0 Å². The van der Waals surface area contributed by atoms with Gasteiger partial charge >= 0.3 is 0 Å². The first-order valence-electron chi connectivity index (χ1n) is 8.75. The van der Waals surface area contributed by atoms with Crippen LogP contribution in [0.25, 0.3) is 0 Å². The Morgan fingerprint density at radius 3 is 2.04 bits per heavy atom. The third-order valence-electron chi connectivity index (χ3n) is 4.38. The maximum atomic E-state index is 12.4. The van der Waals surface area contributed by atoms with Crippen LogP contribution in [0.4, 0.5) is 0 Å². The van der Waals surface area contributed by atoms with Crippen LogP contribution in [0, 0.1) is 0 Å². The van der Waals surface area contributed by atoms with E-state index < -0.39 is 10.0 Å². The summed E-state index contributed by atoms with van der Waals surface area (Å²) in [7, 11) is -3.62. The molecule has 0 fully saturated rings. The number of sulfonamides is 1. The van der Waals surface area contributed by atoms with Crippen molar-refractivity contribution in [3.05, 3.63) is 29.8 Å². The highest BCUT2D eigenvalue weighted by Crippen LogP contribution is 2.30. The van der Waals surface area contributed by atoms with E-state index in [1.54, 1.807) is 18.2 Å². The van der Waals surface area contributed by atoms with Crippen molar-refractivity contribution in [1.29, 1.82) is 0 Å². The lowest BCUT2D eigenvalue weighted by Gasteiger charge is -2.14. The molecule has 0 atom stereocenters. The molecule has 128 valence electrons. The average molecular weight is 337 g/mol. The molecule has 0 unspecified atom stereocenters. The zero-order valence-corrected chi connectivity index (χ0v) is 14.8. The largest absolute Gasteiger partial charge is 0.269 e. The van der Waals surface area contributed by atoms with Gasteiger partial charge in [0.1, 0.15) is 4.90 Å². The first-order chi connectivity index (χ1) is 11.1. The van der Waals surface area contributed by atoms with E-state index in [4.69, 9.17) is 0 Å². The van der Waals surface area contributed by atoms with E-state index in [0.29, 0.717) is 12.1 Å². The molecule has 1 heterocycles. The smallest absolute Gasteiger partial charge is 0.268 e. The zero-order chi connectivity index (χ0) is 16.7. The monoisotopic (exact) mass is 337 g/mol. The van der Waals surface area contributed by atoms with Gasteiger partial charge in [-0.05, 0) is 18.6 Å². The standard InChI is InChI=1S/C18H27NO3S/c1-2-3-4-5-6-7-8-9-12-15-19-18(20)16-13-10-11-14-17(16)23(19,21)22/h10-11,13-14H,2-9,12,15H2,1H3. The number of benzene rings is 1. The molecule has 0 aliphatic carbocycles. The number of carbonyl (C=O) groups is 1. The van der Waals surface area contributed by atoms with Crippen LogP contribution < -0.4 is 0 Å². The van der Waals surface area contributed by atoms with E-state index in [1.165, 1.54) is 44.6 Å². The van der Waals surface area contributed by atoms with Crippen LogP contribution in [0.5, 0.6) is 0 Å². The summed E-state index contributed by atoms with van der Waals surface area (Å²) in [4.78, 5) is 12.4. The SMILES string of the molecule is CCCCCCCCCCCN1C(=O)c2ccccc2S1(=O)=O. The summed E-state index contributed by atoms with van der Waals surface area (Å²) >= 11 is 0. The van der Waals surface area contributed by atoms with E-state index in [0.717, 1.165) is 23.6 Å². The number of nitrogens with zero attached hydrogens (tertiary/aromatic N) is 1. The summed E-state index contributed by atoms with van der Waals surface area (Å²) in [6.07, 6.45) is 10.5. The molecule has 0 radical (unpaired) electrons. The highest BCUT2D eigenvalue weighted by atomic mass is 32.2. The van der Waals surface area contributed by atoms with Crippen LogP contribution >= 0.6 is 0 Å². The van der Waals surface area contributed by atoms with Gasteiger partial charge in [0.2, 0.25) is 0 Å². The molecule has 0 N–H and O–H groups in total. The summed E-state index contributed by atoms with van der Waals surface area (Å²) in [6.45, 7) is 2.51. The Balaban J connectivity index is 1.72. The Morgan fingerprint density at radius 2 is 1.43 bits per heavy atom. The van der Waals surface area contributed by atoms with Crippen LogP contribution in [0.3, 0.4) is 0 Å². The van der Waals surface area contributed by atoms with Crippen molar-refractivity contribution in [2.24, 2.45) is 0 Å². The highest BCUT2D eigenvalue weighted by molar-refractivity contribution is 7.90. The van der Waals surface area contributed by atoms with Crippen molar-refractivity contribution in [1.82, 2.24) is 4.31 Å². The molecular weight excluding hydrogens is 310 g/mol. The molecule has 0 spiro atoms. The Bertz CT molecular complexity index is 625. The number of fused-ring (bicyclic) bond motifs is 1. The molecule has 0 saturated heterocycles. The minimum Gasteiger partial charge on any atom is -0.268 e. The van der Waals surface area contributed by atoms with E-state index in [1.807, 2.05) is 0 Å². The van der Waals surface area contributed by atoms with E-state index >= 15 is 0 Å². The molecule has 1 aromatic carbocycles. The first kappa shape index (κ1) is 18.0. The van der Waals surface area contributed by atoms with Gasteiger partial charge in [0, 0.05) is 6.54 Å². The zero-order valence-electron chi connectivity index (χ0n) is 14.0. The van der Waals surface area contributed by atoms with E-state index in [9.17, 15) is 13.2 Å². The second kappa shape index (κ2) is 8.48. The minimum absolute atomic E-state index is 0.154. The van der Waals surface area contributed by atoms with Gasteiger partial charge in [-0.1, -0.05) is 70.4 Å². The molecule has 1 aliphatic heterocycles. The fourth-order valence-electron chi connectivity index (χ4n) is 3.02. The Labute approximate surface area is 139 Å². The topological polar surface area (TPSA) is 54.5 Å². The molecule has 2 rings (SSSR count). The van der Waals surface area contributed by atoms with Gasteiger partial charge in [0.15, 0.2) is 0 Å². The van der Waals surface area contributed by atoms with Crippen molar-refractivity contribution in [2.45, 2.75) is 69.6 Å². The average Bonchev–Trinajstić information content (AvgIpc) is 2.74. The lowest BCUT2D eigenvalue weighted by molar-refractivity contribution is 0.0869. The van der Waals surface area contributed by atoms with Crippen LogP contribution in [0.15, 0.2) is 29.2 Å². The predicted octanol–water partition coefficient (Wildman–Crippen LogP) is 4.36. The summed E-state index contributed by atoms with van der Waals surface area (Å²) < 4.78 is 25.8. The van der Waals surface area contributed by atoms with Gasteiger partial charge in [-0.25, -0.2) is 12.7 Å². The third kappa shape index (κ3) is 4.34. The van der Waals surface area contributed by atoms with Crippen molar-refractivity contribution >= 4 is 15.9 Å². The summed E-state index contributed by atoms with van der Waals surface area (Å²) in [6, 6.07) is 6.46. The maximum absolute atomic E-state index is 12.4. The Morgan fingerprint density at radius 1 is 0.870 bits per heavy atom. The molecule has 4 nitrogen and oxygen atoms in total. The van der Waals surface area contributed by atoms with E-state index in [2.05, 4.69) is 6.92 Å². The molecule has 0 bridgehead atoms. The third-order valence-corrected chi connectivity index (χ3v) is 6.22. The Kier molecular flexibility index (Phi) is 6.63. The number of hydrogen-bond donors (Lipinski definition) is 0. The lowest BCUT2D eigenvalue weighted by atomic mass is 10.1. The lowest BCUT2D eigenvalue weighted by Crippen LogP contribution is -2.30. The fraction of sp³-hybridized carbons (Fsp3) is 0.611. The molecule has 1 aromatic rings. The number of carbonyl (C=O) groups excluding carboxylic acids is 1. The molecule has 0 aromatic heterocycles. The second-order valence-corrected chi connectivity index (χ2v) is 8.04. The summed E-state index contributed by atoms with van der Waals surface area (Å²) in [5.41, 5.74) is 0.309. The minimum atomic E-state index is -3.62. The van der Waals surface area contributed by atoms with Crippen LogP contribution in [0.1, 0.15) is 75.1 Å². The van der Waals surface area contributed by atoms with Crippen LogP contribution in [-0.2, 0) is 10.0 Å². The number of rotatable bonds is 10. The van der Waals surface area contributed by atoms with Gasteiger partial charge in [-0.3, -0.25) is 4.79 Å². The molecule has 1 amide bonds. The second-order valence-electron chi connectivity index (χ2n) is 6.21. The van der Waals surface area contributed by atoms with Crippen molar-refractivity contribution in [2.75, 3.05) is 6.54 Å². The maximum Gasteiger partial charge on any atom is 0.269 e. The van der Waals surface area contributed by atoms with Crippen molar-refractivity contribution < 1.29 is 13.2 Å². The fourth-order valence-corrected chi connectivity index (χ4v) is 4.63. The quantitative estimate of drug-likeness (QED) is 0.596. The Hall–Kier alpha value is -1.36. The molecule has 0 saturated carbocycles. The van der Waals surface area contributed by atoms with Crippen molar-refractivity contribution in [3.63, 3.8) is 0 Å². The first-order valence-corrected chi connectivity index (χ1v) is 10.2. The molecule has 5 heteroatoms. The molecule has 1 aliphatic rings. The summed E-state index contributed by atoms with van der Waals surface area (Å²) in [5, 5.41) is 0. The van der Waals surface area contributed by atoms with Gasteiger partial charge in [-0.15, -0.1) is 0 Å². The molecule has 23 heavy (non-hydrogen) atoms. The predicted molar refractivity (Wildman–Crippen MR) is 91.9 cm³/mol.